The second-order valence-corrected chi connectivity index (χ2v) is 3.09. The van der Waals surface area contributed by atoms with Gasteiger partial charge in [0.15, 0.2) is 17.8 Å². The lowest BCUT2D eigenvalue weighted by atomic mass is 10.1. The van der Waals surface area contributed by atoms with Crippen molar-refractivity contribution in [2.24, 2.45) is 0 Å². The van der Waals surface area contributed by atoms with Gasteiger partial charge in [-0.15, -0.1) is 0 Å². The van der Waals surface area contributed by atoms with Gasteiger partial charge < -0.3 is 14.6 Å². The highest BCUT2D eigenvalue weighted by molar-refractivity contribution is 5.92. The number of aldehydes is 1. The van der Waals surface area contributed by atoms with Gasteiger partial charge in [0.1, 0.15) is 0 Å². The molecule has 0 heterocycles. The molecule has 5 nitrogen and oxygen atoms in total. The van der Waals surface area contributed by atoms with E-state index in [9.17, 15) is 14.7 Å². The summed E-state index contributed by atoms with van der Waals surface area (Å²) in [4.78, 5) is 21.8. The van der Waals surface area contributed by atoms with E-state index >= 15 is 0 Å². The third-order valence-electron chi connectivity index (χ3n) is 2.15. The minimum atomic E-state index is -0.544. The Labute approximate surface area is 98.3 Å². The van der Waals surface area contributed by atoms with E-state index < -0.39 is 5.97 Å². The number of phenolic OH excluding ortho intramolecular Hbond substituents is 1. The lowest BCUT2D eigenvalue weighted by molar-refractivity contribution is -0.134. The predicted molar refractivity (Wildman–Crippen MR) is 61.1 cm³/mol. The van der Waals surface area contributed by atoms with E-state index in [4.69, 9.17) is 4.74 Å². The maximum absolute atomic E-state index is 10.9. The molecule has 0 radical (unpaired) electrons. The molecule has 1 aromatic carbocycles. The molecule has 0 spiro atoms. The van der Waals surface area contributed by atoms with Crippen molar-refractivity contribution in [3.8, 4) is 11.5 Å². The van der Waals surface area contributed by atoms with Crippen LogP contribution in [-0.2, 0) is 9.53 Å². The fraction of sp³-hybridized carbons (Fsp3) is 0.167. The Balaban J connectivity index is 3.17. The van der Waals surface area contributed by atoms with Gasteiger partial charge in [-0.05, 0) is 17.7 Å². The van der Waals surface area contributed by atoms with Gasteiger partial charge in [0.2, 0.25) is 0 Å². The van der Waals surface area contributed by atoms with Crippen LogP contribution in [0.25, 0.3) is 6.08 Å². The number of aromatic hydroxyl groups is 1. The summed E-state index contributed by atoms with van der Waals surface area (Å²) < 4.78 is 9.28. The topological polar surface area (TPSA) is 72.8 Å². The fourth-order valence-corrected chi connectivity index (χ4v) is 1.26. The first-order chi connectivity index (χ1) is 8.13. The fourth-order valence-electron chi connectivity index (χ4n) is 1.26. The molecule has 0 amide bonds. The lowest BCUT2D eigenvalue weighted by Gasteiger charge is -2.07. The maximum Gasteiger partial charge on any atom is 0.330 e. The van der Waals surface area contributed by atoms with Gasteiger partial charge in [-0.2, -0.15) is 0 Å². The van der Waals surface area contributed by atoms with Crippen LogP contribution >= 0.6 is 0 Å². The Kier molecular flexibility index (Phi) is 4.28. The summed E-state index contributed by atoms with van der Waals surface area (Å²) in [5.74, 6) is -0.603. The van der Waals surface area contributed by atoms with Crippen LogP contribution in [0.15, 0.2) is 18.2 Å². The Morgan fingerprint density at radius 2 is 2.06 bits per heavy atom. The standard InChI is InChI=1S/C12H12O5/c1-16-10-5-3-8(4-6-11(14)17-2)9(7-13)12(10)15/h3-7,15H,1-2H3. The van der Waals surface area contributed by atoms with Crippen molar-refractivity contribution in [1.82, 2.24) is 0 Å². The number of esters is 1. The number of benzene rings is 1. The van der Waals surface area contributed by atoms with E-state index in [0.29, 0.717) is 11.8 Å². The van der Waals surface area contributed by atoms with E-state index in [1.807, 2.05) is 0 Å². The molecular weight excluding hydrogens is 224 g/mol. The van der Waals surface area contributed by atoms with Crippen molar-refractivity contribution in [3.05, 3.63) is 29.3 Å². The summed E-state index contributed by atoms with van der Waals surface area (Å²) in [6, 6.07) is 3.06. The first-order valence-electron chi connectivity index (χ1n) is 4.75. The van der Waals surface area contributed by atoms with E-state index in [0.717, 1.165) is 6.08 Å². The smallest absolute Gasteiger partial charge is 0.330 e. The largest absolute Gasteiger partial charge is 0.504 e. The molecule has 0 unspecified atom stereocenters. The SMILES string of the molecule is COC(=O)C=Cc1ccc(OC)c(O)c1C=O. The van der Waals surface area contributed by atoms with Crippen LogP contribution in [0.1, 0.15) is 15.9 Å². The highest BCUT2D eigenvalue weighted by Gasteiger charge is 2.10. The Morgan fingerprint density at radius 3 is 2.59 bits per heavy atom. The summed E-state index contributed by atoms with van der Waals surface area (Å²) in [5.41, 5.74) is 0.466. The number of methoxy groups -OCH3 is 2. The summed E-state index contributed by atoms with van der Waals surface area (Å²) in [7, 11) is 2.63. The second kappa shape index (κ2) is 5.69. The molecule has 0 aliphatic carbocycles. The number of hydrogen-bond acceptors (Lipinski definition) is 5. The zero-order valence-electron chi connectivity index (χ0n) is 9.47. The summed E-state index contributed by atoms with van der Waals surface area (Å²) in [6.07, 6.45) is 3.04. The van der Waals surface area contributed by atoms with Crippen molar-refractivity contribution in [1.29, 1.82) is 0 Å². The van der Waals surface area contributed by atoms with Gasteiger partial charge in [-0.25, -0.2) is 4.79 Å². The van der Waals surface area contributed by atoms with Gasteiger partial charge in [-0.1, -0.05) is 6.07 Å². The number of carbonyl (C=O) groups is 2. The Bertz CT molecular complexity index is 462. The number of hydrogen-bond donors (Lipinski definition) is 1. The van der Waals surface area contributed by atoms with Gasteiger partial charge in [0.25, 0.3) is 0 Å². The van der Waals surface area contributed by atoms with Gasteiger partial charge in [-0.3, -0.25) is 4.79 Å². The maximum atomic E-state index is 10.9. The first-order valence-corrected chi connectivity index (χ1v) is 4.75. The molecular formula is C12H12O5. The third kappa shape index (κ3) is 2.84. The van der Waals surface area contributed by atoms with Gasteiger partial charge >= 0.3 is 5.97 Å². The van der Waals surface area contributed by atoms with Crippen LogP contribution < -0.4 is 4.74 Å². The van der Waals surface area contributed by atoms with Crippen LogP contribution in [0.2, 0.25) is 0 Å². The minimum absolute atomic E-state index is 0.0597. The number of rotatable bonds is 4. The quantitative estimate of drug-likeness (QED) is 0.486. The molecule has 5 heteroatoms. The zero-order valence-corrected chi connectivity index (χ0v) is 9.47. The Hall–Kier alpha value is -2.30. The molecule has 1 rings (SSSR count). The normalized spacial score (nSPS) is 10.2. The summed E-state index contributed by atoms with van der Waals surface area (Å²) in [6.45, 7) is 0. The van der Waals surface area contributed by atoms with Gasteiger partial charge in [0.05, 0.1) is 19.8 Å². The molecule has 0 atom stereocenters. The van der Waals surface area contributed by atoms with Crippen molar-refractivity contribution >= 4 is 18.3 Å². The van der Waals surface area contributed by atoms with Crippen LogP contribution in [-0.4, -0.2) is 31.6 Å². The van der Waals surface area contributed by atoms with E-state index in [1.165, 1.54) is 26.4 Å². The highest BCUT2D eigenvalue weighted by Crippen LogP contribution is 2.31. The van der Waals surface area contributed by atoms with E-state index in [-0.39, 0.29) is 17.1 Å². The van der Waals surface area contributed by atoms with Gasteiger partial charge in [0, 0.05) is 6.08 Å². The van der Waals surface area contributed by atoms with Crippen LogP contribution in [0.4, 0.5) is 0 Å². The third-order valence-corrected chi connectivity index (χ3v) is 2.15. The molecule has 17 heavy (non-hydrogen) atoms. The molecule has 0 fully saturated rings. The van der Waals surface area contributed by atoms with Crippen molar-refractivity contribution in [2.45, 2.75) is 0 Å². The van der Waals surface area contributed by atoms with Crippen molar-refractivity contribution < 1.29 is 24.2 Å². The molecule has 1 aromatic rings. The summed E-state index contributed by atoms with van der Waals surface area (Å²) >= 11 is 0. The molecule has 0 aliphatic heterocycles. The number of ether oxygens (including phenoxy) is 2. The highest BCUT2D eigenvalue weighted by atomic mass is 16.5. The molecule has 0 bridgehead atoms. The molecule has 90 valence electrons. The average Bonchev–Trinajstić information content (AvgIpc) is 2.35. The number of phenols is 1. The number of carbonyl (C=O) groups excluding carboxylic acids is 2. The monoisotopic (exact) mass is 236 g/mol. The summed E-state index contributed by atoms with van der Waals surface area (Å²) in [5, 5.41) is 9.69. The van der Waals surface area contributed by atoms with Crippen LogP contribution in [0.3, 0.4) is 0 Å². The molecule has 0 saturated carbocycles. The molecule has 1 N–H and O–H groups in total. The molecule has 0 aromatic heterocycles. The first kappa shape index (κ1) is 12.8. The lowest BCUT2D eigenvalue weighted by Crippen LogP contribution is -1.95. The van der Waals surface area contributed by atoms with E-state index in [1.54, 1.807) is 6.07 Å². The second-order valence-electron chi connectivity index (χ2n) is 3.09. The van der Waals surface area contributed by atoms with Crippen molar-refractivity contribution in [2.75, 3.05) is 14.2 Å². The average molecular weight is 236 g/mol. The molecule has 0 saturated heterocycles. The van der Waals surface area contributed by atoms with Crippen molar-refractivity contribution in [3.63, 3.8) is 0 Å². The zero-order chi connectivity index (χ0) is 12.8. The van der Waals surface area contributed by atoms with Crippen LogP contribution in [0, 0.1) is 0 Å². The predicted octanol–water partition coefficient (Wildman–Crippen LogP) is 1.40. The van der Waals surface area contributed by atoms with E-state index in [2.05, 4.69) is 4.74 Å². The van der Waals surface area contributed by atoms with Crippen LogP contribution in [0.5, 0.6) is 11.5 Å². The minimum Gasteiger partial charge on any atom is -0.504 e. The Morgan fingerprint density at radius 1 is 1.35 bits per heavy atom. The molecule has 0 aliphatic rings.